The predicted molar refractivity (Wildman–Crippen MR) is 133 cm³/mol. The van der Waals surface area contributed by atoms with Gasteiger partial charge in [0.2, 0.25) is 0 Å². The van der Waals surface area contributed by atoms with Gasteiger partial charge in [-0.05, 0) is 68.6 Å². The summed E-state index contributed by atoms with van der Waals surface area (Å²) in [7, 11) is 0. The Morgan fingerprint density at radius 1 is 0.625 bits per heavy atom. The summed E-state index contributed by atoms with van der Waals surface area (Å²) in [6.07, 6.45) is 9.94. The minimum atomic E-state index is -0.316. The van der Waals surface area contributed by atoms with Crippen molar-refractivity contribution in [3.05, 3.63) is 142 Å². The predicted octanol–water partition coefficient (Wildman–Crippen LogP) is 8.28. The zero-order valence-electron chi connectivity index (χ0n) is 17.6. The van der Waals surface area contributed by atoms with E-state index in [-0.39, 0.29) is 5.41 Å². The minimum Gasteiger partial charge on any atom is -0.0843 e. The topological polar surface area (TPSA) is 0 Å². The summed E-state index contributed by atoms with van der Waals surface area (Å²) < 4.78 is 0. The molecular weight excluding hydrogens is 408 g/mol. The van der Waals surface area contributed by atoms with Gasteiger partial charge in [-0.15, -0.1) is 0 Å². The molecule has 0 radical (unpaired) electrons. The van der Waals surface area contributed by atoms with Crippen LogP contribution in [-0.2, 0) is 5.41 Å². The van der Waals surface area contributed by atoms with Crippen LogP contribution in [0.15, 0.2) is 109 Å². The van der Waals surface area contributed by atoms with E-state index in [1.807, 2.05) is 6.07 Å². The van der Waals surface area contributed by atoms with E-state index in [0.717, 1.165) is 11.4 Å². The Morgan fingerprint density at radius 2 is 1.31 bits per heavy atom. The van der Waals surface area contributed by atoms with Crippen LogP contribution in [0.4, 0.5) is 0 Å². The van der Waals surface area contributed by atoms with Gasteiger partial charge in [-0.1, -0.05) is 109 Å². The molecular formula is C31H21Cl. The molecule has 152 valence electrons. The second-order valence-corrected chi connectivity index (χ2v) is 9.43. The van der Waals surface area contributed by atoms with Gasteiger partial charge in [0.25, 0.3) is 0 Å². The molecule has 0 bridgehead atoms. The number of hydrogen-bond acceptors (Lipinski definition) is 0. The Bertz CT molecular complexity index is 1420. The Hall–Kier alpha value is -3.35. The maximum Gasteiger partial charge on any atom is 0.0726 e. The van der Waals surface area contributed by atoms with E-state index in [1.165, 1.54) is 50.1 Å². The number of fused-ring (bicyclic) bond motifs is 10. The Labute approximate surface area is 193 Å². The van der Waals surface area contributed by atoms with E-state index < -0.39 is 0 Å². The third kappa shape index (κ3) is 2.23. The fraction of sp³-hybridized carbons (Fsp3) is 0.0968. The highest BCUT2D eigenvalue weighted by Gasteiger charge is 2.51. The number of hydrogen-bond donors (Lipinski definition) is 0. The number of rotatable bonds is 1. The van der Waals surface area contributed by atoms with Crippen molar-refractivity contribution in [1.29, 1.82) is 0 Å². The molecule has 3 aliphatic carbocycles. The van der Waals surface area contributed by atoms with Gasteiger partial charge in [-0.3, -0.25) is 0 Å². The quantitative estimate of drug-likeness (QED) is 0.247. The number of benzene rings is 4. The van der Waals surface area contributed by atoms with Gasteiger partial charge in [0.05, 0.1) is 5.41 Å². The molecule has 1 unspecified atom stereocenters. The largest absolute Gasteiger partial charge is 0.0843 e. The molecule has 4 aromatic rings. The smallest absolute Gasteiger partial charge is 0.0726 e. The Kier molecular flexibility index (Phi) is 3.75. The summed E-state index contributed by atoms with van der Waals surface area (Å²) in [4.78, 5) is 0. The van der Waals surface area contributed by atoms with Crippen molar-refractivity contribution >= 4 is 11.6 Å². The molecule has 0 fully saturated rings. The molecule has 0 N–H and O–H groups in total. The van der Waals surface area contributed by atoms with Gasteiger partial charge in [-0.2, -0.15) is 0 Å². The first-order valence-corrected chi connectivity index (χ1v) is 11.6. The molecule has 0 nitrogen and oxygen atoms in total. The van der Waals surface area contributed by atoms with Crippen LogP contribution in [0.1, 0.15) is 40.2 Å². The third-order valence-corrected chi connectivity index (χ3v) is 7.72. The molecule has 32 heavy (non-hydrogen) atoms. The fourth-order valence-corrected chi connectivity index (χ4v) is 6.36. The average Bonchev–Trinajstić information content (AvgIpc) is 3.31. The first kappa shape index (κ1) is 18.2. The number of halogens is 1. The van der Waals surface area contributed by atoms with E-state index in [2.05, 4.69) is 103 Å². The fourth-order valence-electron chi connectivity index (χ4n) is 6.19. The molecule has 0 amide bonds. The molecule has 0 saturated heterocycles. The van der Waals surface area contributed by atoms with Crippen molar-refractivity contribution in [2.45, 2.75) is 17.8 Å². The van der Waals surface area contributed by atoms with E-state index >= 15 is 0 Å². The van der Waals surface area contributed by atoms with Crippen LogP contribution >= 0.6 is 11.6 Å². The molecule has 0 aliphatic heterocycles. The van der Waals surface area contributed by atoms with Crippen molar-refractivity contribution in [3.8, 4) is 22.3 Å². The lowest BCUT2D eigenvalue weighted by Crippen LogP contribution is -2.25. The lowest BCUT2D eigenvalue weighted by atomic mass is 9.70. The van der Waals surface area contributed by atoms with Crippen LogP contribution in [0.2, 0.25) is 5.02 Å². The van der Waals surface area contributed by atoms with Crippen molar-refractivity contribution in [3.63, 3.8) is 0 Å². The van der Waals surface area contributed by atoms with E-state index in [9.17, 15) is 0 Å². The zero-order chi connectivity index (χ0) is 21.3. The van der Waals surface area contributed by atoms with Crippen LogP contribution in [0.3, 0.4) is 0 Å². The van der Waals surface area contributed by atoms with Crippen LogP contribution in [0, 0.1) is 0 Å². The molecule has 7 rings (SSSR count). The van der Waals surface area contributed by atoms with Crippen molar-refractivity contribution in [2.75, 3.05) is 0 Å². The van der Waals surface area contributed by atoms with Gasteiger partial charge in [-0.25, -0.2) is 0 Å². The van der Waals surface area contributed by atoms with Crippen molar-refractivity contribution in [2.24, 2.45) is 0 Å². The van der Waals surface area contributed by atoms with Crippen LogP contribution < -0.4 is 0 Å². The summed E-state index contributed by atoms with van der Waals surface area (Å²) in [6.45, 7) is 0. The molecule has 0 heterocycles. The van der Waals surface area contributed by atoms with E-state index in [1.54, 1.807) is 0 Å². The average molecular weight is 429 g/mol. The molecule has 1 spiro atoms. The van der Waals surface area contributed by atoms with Gasteiger partial charge in [0.1, 0.15) is 0 Å². The maximum absolute atomic E-state index is 6.62. The highest BCUT2D eigenvalue weighted by Crippen LogP contribution is 2.63. The number of allylic oxidation sites excluding steroid dienone is 4. The summed E-state index contributed by atoms with van der Waals surface area (Å²) >= 11 is 6.62. The summed E-state index contributed by atoms with van der Waals surface area (Å²) in [6, 6.07) is 31.4. The van der Waals surface area contributed by atoms with Crippen LogP contribution in [0.25, 0.3) is 22.3 Å². The lowest BCUT2D eigenvalue weighted by molar-refractivity contribution is 0.790. The highest BCUT2D eigenvalue weighted by molar-refractivity contribution is 6.30. The molecule has 4 aromatic carbocycles. The van der Waals surface area contributed by atoms with Gasteiger partial charge in [0.15, 0.2) is 0 Å². The van der Waals surface area contributed by atoms with Crippen LogP contribution in [0.5, 0.6) is 0 Å². The van der Waals surface area contributed by atoms with E-state index in [0.29, 0.717) is 5.92 Å². The van der Waals surface area contributed by atoms with Crippen molar-refractivity contribution in [1.82, 2.24) is 0 Å². The van der Waals surface area contributed by atoms with Gasteiger partial charge >= 0.3 is 0 Å². The summed E-state index contributed by atoms with van der Waals surface area (Å²) in [5.41, 5.74) is 11.7. The van der Waals surface area contributed by atoms with E-state index in [4.69, 9.17) is 11.6 Å². The highest BCUT2D eigenvalue weighted by atomic mass is 35.5. The minimum absolute atomic E-state index is 0.316. The maximum atomic E-state index is 6.62. The third-order valence-electron chi connectivity index (χ3n) is 7.48. The lowest BCUT2D eigenvalue weighted by Gasteiger charge is -2.30. The monoisotopic (exact) mass is 428 g/mol. The van der Waals surface area contributed by atoms with Crippen LogP contribution in [-0.4, -0.2) is 0 Å². The normalized spacial score (nSPS) is 18.3. The zero-order valence-corrected chi connectivity index (χ0v) is 18.3. The summed E-state index contributed by atoms with van der Waals surface area (Å²) in [5, 5.41) is 0.790. The van der Waals surface area contributed by atoms with Gasteiger partial charge in [0, 0.05) is 10.9 Å². The molecule has 0 saturated carbocycles. The molecule has 0 aromatic heterocycles. The second-order valence-electron chi connectivity index (χ2n) is 8.99. The first-order chi connectivity index (χ1) is 15.8. The first-order valence-electron chi connectivity index (χ1n) is 11.3. The molecule has 3 aliphatic rings. The standard InChI is InChI=1S/C31H21Cl/c32-22-15-16-25-26-18-21(20-8-2-1-3-9-20)14-17-29(26)31(30(25)19-22)27-12-6-4-10-23(27)24-11-5-7-13-28(24)31/h1-8,10-20H,9H2. The summed E-state index contributed by atoms with van der Waals surface area (Å²) in [5.74, 6) is 0.431. The Morgan fingerprint density at radius 3 is 2.03 bits per heavy atom. The molecule has 1 atom stereocenters. The van der Waals surface area contributed by atoms with Crippen molar-refractivity contribution < 1.29 is 0 Å². The van der Waals surface area contributed by atoms with Gasteiger partial charge < -0.3 is 0 Å². The molecule has 1 heteroatoms. The second kappa shape index (κ2) is 6.58. The SMILES string of the molecule is Clc1ccc2c(c1)C1(c3ccccc3-c3ccccc31)c1ccc(C3C=CC=CC3)cc1-2. The Balaban J connectivity index is 1.59.